The van der Waals surface area contributed by atoms with Gasteiger partial charge in [0.25, 0.3) is 0 Å². The summed E-state index contributed by atoms with van der Waals surface area (Å²) in [6.07, 6.45) is 4.79. The van der Waals surface area contributed by atoms with Gasteiger partial charge in [0.05, 0.1) is 0 Å². The maximum absolute atomic E-state index is 6.35. The van der Waals surface area contributed by atoms with Crippen LogP contribution >= 0.6 is 15.9 Å². The number of unbranched alkanes of at least 4 members (excludes halogenated alkanes) is 2. The maximum Gasteiger partial charge on any atom is 0.0496 e. The normalized spacial score (nSPS) is 14.6. The molecule has 0 amide bonds. The monoisotopic (exact) mass is 326 g/mol. The molecule has 0 saturated carbocycles. The third-order valence-corrected chi connectivity index (χ3v) is 4.15. The summed E-state index contributed by atoms with van der Waals surface area (Å²) in [6, 6.07) is 9.02. The molecule has 0 aliphatic carbocycles. The van der Waals surface area contributed by atoms with E-state index in [0.717, 1.165) is 17.4 Å². The number of nitrogens with two attached hydrogens (primary N) is 1. The molecule has 19 heavy (non-hydrogen) atoms. The topological polar surface area (TPSA) is 29.3 Å². The number of likely N-dealkylation sites (N-methyl/N-ethyl adjacent to an activating group) is 1. The average Bonchev–Trinajstić information content (AvgIpc) is 2.39. The molecule has 0 spiro atoms. The lowest BCUT2D eigenvalue weighted by atomic mass is 9.96. The van der Waals surface area contributed by atoms with E-state index in [9.17, 15) is 0 Å². The summed E-state index contributed by atoms with van der Waals surface area (Å²) in [5.41, 5.74) is 7.66. The van der Waals surface area contributed by atoms with Crippen LogP contribution in [0.25, 0.3) is 0 Å². The number of halogens is 1. The molecule has 0 aliphatic rings. The second kappa shape index (κ2) is 8.72. The van der Waals surface area contributed by atoms with Crippen LogP contribution in [-0.4, -0.2) is 24.5 Å². The largest absolute Gasteiger partial charge is 0.326 e. The van der Waals surface area contributed by atoms with Crippen LogP contribution in [0.4, 0.5) is 0 Å². The van der Waals surface area contributed by atoms with E-state index in [4.69, 9.17) is 5.73 Å². The van der Waals surface area contributed by atoms with Gasteiger partial charge in [0.15, 0.2) is 0 Å². The second-order valence-electron chi connectivity index (χ2n) is 5.26. The van der Waals surface area contributed by atoms with Crippen molar-refractivity contribution >= 4 is 15.9 Å². The molecule has 1 aromatic rings. The standard InChI is InChI=1S/C16H27BrN2/c1-4-6-7-11-19(3)16(15(18)5-2)13-9-8-10-14(17)12-13/h8-10,12,15-16H,4-7,11,18H2,1-3H3. The van der Waals surface area contributed by atoms with E-state index in [2.05, 4.69) is 66.0 Å². The third-order valence-electron chi connectivity index (χ3n) is 3.66. The highest BCUT2D eigenvalue weighted by molar-refractivity contribution is 9.10. The van der Waals surface area contributed by atoms with Gasteiger partial charge >= 0.3 is 0 Å². The Morgan fingerprint density at radius 1 is 1.26 bits per heavy atom. The Kier molecular flexibility index (Phi) is 7.66. The Hall–Kier alpha value is -0.380. The van der Waals surface area contributed by atoms with E-state index in [0.29, 0.717) is 6.04 Å². The smallest absolute Gasteiger partial charge is 0.0496 e. The highest BCUT2D eigenvalue weighted by Gasteiger charge is 2.22. The summed E-state index contributed by atoms with van der Waals surface area (Å²) in [5, 5.41) is 0. The molecule has 0 bridgehead atoms. The minimum atomic E-state index is 0.181. The lowest BCUT2D eigenvalue weighted by molar-refractivity contribution is 0.206. The fourth-order valence-electron chi connectivity index (χ4n) is 2.49. The molecule has 2 N–H and O–H groups in total. The van der Waals surface area contributed by atoms with Crippen LogP contribution in [0.3, 0.4) is 0 Å². The maximum atomic E-state index is 6.35. The van der Waals surface area contributed by atoms with Gasteiger partial charge in [-0.2, -0.15) is 0 Å². The fourth-order valence-corrected chi connectivity index (χ4v) is 2.91. The Bertz CT molecular complexity index is 368. The first-order valence-electron chi connectivity index (χ1n) is 7.31. The first-order chi connectivity index (χ1) is 9.10. The summed E-state index contributed by atoms with van der Waals surface area (Å²) in [4.78, 5) is 2.41. The van der Waals surface area contributed by atoms with Crippen LogP contribution < -0.4 is 5.73 Å². The Morgan fingerprint density at radius 2 is 2.00 bits per heavy atom. The van der Waals surface area contributed by atoms with Crippen molar-refractivity contribution in [1.82, 2.24) is 4.90 Å². The second-order valence-corrected chi connectivity index (χ2v) is 6.18. The number of benzene rings is 1. The molecule has 108 valence electrons. The first kappa shape index (κ1) is 16.7. The molecule has 0 saturated heterocycles. The van der Waals surface area contributed by atoms with Crippen LogP contribution in [0.5, 0.6) is 0 Å². The van der Waals surface area contributed by atoms with Gasteiger partial charge in [-0.25, -0.2) is 0 Å². The Balaban J connectivity index is 2.82. The van der Waals surface area contributed by atoms with Gasteiger partial charge in [0.1, 0.15) is 0 Å². The van der Waals surface area contributed by atoms with Crippen LogP contribution in [0.2, 0.25) is 0 Å². The summed E-state index contributed by atoms with van der Waals surface area (Å²) in [7, 11) is 2.19. The Morgan fingerprint density at radius 3 is 2.58 bits per heavy atom. The van der Waals surface area contributed by atoms with Gasteiger partial charge in [0, 0.05) is 16.6 Å². The average molecular weight is 327 g/mol. The van der Waals surface area contributed by atoms with Gasteiger partial charge < -0.3 is 5.73 Å². The zero-order valence-electron chi connectivity index (χ0n) is 12.4. The third kappa shape index (κ3) is 5.25. The predicted molar refractivity (Wildman–Crippen MR) is 87.3 cm³/mol. The predicted octanol–water partition coefficient (Wildman–Crippen LogP) is 4.35. The zero-order chi connectivity index (χ0) is 14.3. The quantitative estimate of drug-likeness (QED) is 0.719. The van der Waals surface area contributed by atoms with Crippen LogP contribution in [-0.2, 0) is 0 Å². The molecule has 1 rings (SSSR count). The highest BCUT2D eigenvalue weighted by Crippen LogP contribution is 2.26. The van der Waals surface area contributed by atoms with Crippen molar-refractivity contribution in [3.63, 3.8) is 0 Å². The van der Waals surface area contributed by atoms with Crippen molar-refractivity contribution in [3.8, 4) is 0 Å². The minimum absolute atomic E-state index is 0.181. The molecule has 2 nitrogen and oxygen atoms in total. The molecule has 0 heterocycles. The van der Waals surface area contributed by atoms with Gasteiger partial charge in [-0.15, -0.1) is 0 Å². The first-order valence-corrected chi connectivity index (χ1v) is 8.10. The SMILES string of the molecule is CCCCCN(C)C(c1cccc(Br)c1)C(N)CC. The molecule has 0 aliphatic heterocycles. The van der Waals surface area contributed by atoms with Gasteiger partial charge in [-0.05, 0) is 44.1 Å². The van der Waals surface area contributed by atoms with E-state index in [1.54, 1.807) is 0 Å². The molecular weight excluding hydrogens is 300 g/mol. The summed E-state index contributed by atoms with van der Waals surface area (Å²) in [5.74, 6) is 0. The van der Waals surface area contributed by atoms with Crippen molar-refractivity contribution in [1.29, 1.82) is 0 Å². The van der Waals surface area contributed by atoms with Crippen molar-refractivity contribution < 1.29 is 0 Å². The fraction of sp³-hybridized carbons (Fsp3) is 0.625. The zero-order valence-corrected chi connectivity index (χ0v) is 14.0. The van der Waals surface area contributed by atoms with Crippen LogP contribution in [0, 0.1) is 0 Å². The molecular formula is C16H27BrN2. The van der Waals surface area contributed by atoms with E-state index in [1.165, 1.54) is 24.8 Å². The molecule has 2 atom stereocenters. The van der Waals surface area contributed by atoms with Crippen LogP contribution in [0.15, 0.2) is 28.7 Å². The molecule has 0 radical (unpaired) electrons. The summed E-state index contributed by atoms with van der Waals surface area (Å²) in [6.45, 7) is 5.51. The summed E-state index contributed by atoms with van der Waals surface area (Å²) < 4.78 is 1.13. The van der Waals surface area contributed by atoms with Gasteiger partial charge in [-0.3, -0.25) is 4.90 Å². The van der Waals surface area contributed by atoms with Crippen molar-refractivity contribution in [2.24, 2.45) is 5.73 Å². The van der Waals surface area contributed by atoms with Crippen molar-refractivity contribution in [2.45, 2.75) is 51.6 Å². The van der Waals surface area contributed by atoms with Crippen LogP contribution in [0.1, 0.15) is 51.1 Å². The lowest BCUT2D eigenvalue weighted by Crippen LogP contribution is -2.39. The highest BCUT2D eigenvalue weighted by atomic mass is 79.9. The van der Waals surface area contributed by atoms with E-state index in [1.807, 2.05) is 0 Å². The molecule has 3 heteroatoms. The van der Waals surface area contributed by atoms with E-state index < -0.39 is 0 Å². The molecule has 0 aromatic heterocycles. The van der Waals surface area contributed by atoms with Gasteiger partial charge in [-0.1, -0.05) is 54.8 Å². The number of rotatable bonds is 8. The molecule has 1 aromatic carbocycles. The Labute approximate surface area is 126 Å². The van der Waals surface area contributed by atoms with Gasteiger partial charge in [0.2, 0.25) is 0 Å². The molecule has 0 fully saturated rings. The van der Waals surface area contributed by atoms with E-state index >= 15 is 0 Å². The lowest BCUT2D eigenvalue weighted by Gasteiger charge is -2.33. The van der Waals surface area contributed by atoms with Crippen molar-refractivity contribution in [3.05, 3.63) is 34.3 Å². The number of nitrogens with zero attached hydrogens (tertiary/aromatic N) is 1. The minimum Gasteiger partial charge on any atom is -0.326 e. The number of hydrogen-bond donors (Lipinski definition) is 1. The number of hydrogen-bond acceptors (Lipinski definition) is 2. The van der Waals surface area contributed by atoms with E-state index in [-0.39, 0.29) is 6.04 Å². The summed E-state index contributed by atoms with van der Waals surface area (Å²) >= 11 is 3.56. The molecule has 2 unspecified atom stereocenters. The van der Waals surface area contributed by atoms with Crippen molar-refractivity contribution in [2.75, 3.05) is 13.6 Å².